The molecule has 2 heterocycles. The summed E-state index contributed by atoms with van der Waals surface area (Å²) in [5.41, 5.74) is 0.829. The molecule has 0 amide bonds. The van der Waals surface area contributed by atoms with Gasteiger partial charge in [0, 0.05) is 35.7 Å². The third-order valence-corrected chi connectivity index (χ3v) is 5.31. The molecule has 1 aliphatic carbocycles. The van der Waals surface area contributed by atoms with E-state index in [9.17, 15) is 13.2 Å². The van der Waals surface area contributed by atoms with Gasteiger partial charge in [0.05, 0.1) is 11.7 Å². The van der Waals surface area contributed by atoms with Gasteiger partial charge in [-0.05, 0) is 37.5 Å². The fourth-order valence-corrected chi connectivity index (χ4v) is 4.18. The van der Waals surface area contributed by atoms with Crippen LogP contribution in [0.2, 0.25) is 0 Å². The molecular formula is C19H20F3NO. The molecule has 4 atom stereocenters. The van der Waals surface area contributed by atoms with E-state index in [1.807, 2.05) is 6.08 Å². The standard InChI is InChI=1S/C19H20F3NO/c20-19(21,22)13-8-9-16-15(11-13)18-14(7-4-10-24-18)17(23-16)12-5-2-1-3-6-12/h1-3,5,8-9,11-12,14,17-18,23H,4,6-7,10H2/t12?,14-,17-,18-/m0/s1. The van der Waals surface area contributed by atoms with Crippen LogP contribution in [0.25, 0.3) is 0 Å². The van der Waals surface area contributed by atoms with Gasteiger partial charge in [-0.1, -0.05) is 24.3 Å². The summed E-state index contributed by atoms with van der Waals surface area (Å²) in [5.74, 6) is 0.551. The van der Waals surface area contributed by atoms with E-state index in [-0.39, 0.29) is 18.1 Å². The summed E-state index contributed by atoms with van der Waals surface area (Å²) in [5, 5.41) is 3.51. The second-order valence-corrected chi connectivity index (χ2v) is 6.78. The van der Waals surface area contributed by atoms with E-state index >= 15 is 0 Å². The Morgan fingerprint density at radius 2 is 2.04 bits per heavy atom. The van der Waals surface area contributed by atoms with Crippen molar-refractivity contribution in [3.05, 3.63) is 53.6 Å². The number of rotatable bonds is 1. The maximum absolute atomic E-state index is 13.1. The Balaban J connectivity index is 1.72. The van der Waals surface area contributed by atoms with E-state index in [2.05, 4.69) is 23.5 Å². The molecule has 0 aromatic heterocycles. The lowest BCUT2D eigenvalue weighted by Gasteiger charge is -2.45. The number of nitrogens with one attached hydrogen (secondary N) is 1. The molecule has 1 aromatic carbocycles. The first-order valence-corrected chi connectivity index (χ1v) is 8.46. The minimum Gasteiger partial charge on any atom is -0.381 e. The molecule has 1 saturated heterocycles. The lowest BCUT2D eigenvalue weighted by molar-refractivity contribution is -0.137. The van der Waals surface area contributed by atoms with Crippen LogP contribution in [0, 0.1) is 11.8 Å². The second kappa shape index (κ2) is 5.96. The number of benzene rings is 1. The second-order valence-electron chi connectivity index (χ2n) is 6.78. The maximum Gasteiger partial charge on any atom is 0.416 e. The number of hydrogen-bond donors (Lipinski definition) is 1. The predicted octanol–water partition coefficient (Wildman–Crippen LogP) is 5.10. The zero-order valence-electron chi connectivity index (χ0n) is 13.2. The van der Waals surface area contributed by atoms with E-state index in [4.69, 9.17) is 4.74 Å². The zero-order chi connectivity index (χ0) is 16.7. The summed E-state index contributed by atoms with van der Waals surface area (Å²) in [7, 11) is 0. The van der Waals surface area contributed by atoms with Gasteiger partial charge in [-0.3, -0.25) is 0 Å². The number of alkyl halides is 3. The summed E-state index contributed by atoms with van der Waals surface area (Å²) in [6, 6.07) is 4.17. The molecule has 0 saturated carbocycles. The van der Waals surface area contributed by atoms with E-state index in [0.29, 0.717) is 18.1 Å². The van der Waals surface area contributed by atoms with Gasteiger partial charge in [-0.2, -0.15) is 13.2 Å². The molecule has 2 nitrogen and oxygen atoms in total. The summed E-state index contributed by atoms with van der Waals surface area (Å²) < 4.78 is 45.2. The molecule has 0 spiro atoms. The minimum absolute atomic E-state index is 0.195. The first-order valence-electron chi connectivity index (χ1n) is 8.46. The fourth-order valence-electron chi connectivity index (χ4n) is 4.18. The molecule has 24 heavy (non-hydrogen) atoms. The highest BCUT2D eigenvalue weighted by atomic mass is 19.4. The number of fused-ring (bicyclic) bond motifs is 3. The van der Waals surface area contributed by atoms with Crippen molar-refractivity contribution in [1.82, 2.24) is 0 Å². The van der Waals surface area contributed by atoms with Crippen molar-refractivity contribution in [3.63, 3.8) is 0 Å². The maximum atomic E-state index is 13.1. The molecule has 1 N–H and O–H groups in total. The van der Waals surface area contributed by atoms with Crippen LogP contribution in [-0.4, -0.2) is 12.6 Å². The van der Waals surface area contributed by atoms with E-state index in [1.165, 1.54) is 6.07 Å². The summed E-state index contributed by atoms with van der Waals surface area (Å²) >= 11 is 0. The number of ether oxygens (including phenoxy) is 1. The van der Waals surface area contributed by atoms with Gasteiger partial charge < -0.3 is 10.1 Å². The van der Waals surface area contributed by atoms with Gasteiger partial charge in [0.25, 0.3) is 0 Å². The van der Waals surface area contributed by atoms with Crippen LogP contribution in [0.1, 0.15) is 36.5 Å². The van der Waals surface area contributed by atoms with Crippen LogP contribution >= 0.6 is 0 Å². The van der Waals surface area contributed by atoms with Crippen molar-refractivity contribution in [2.24, 2.45) is 11.8 Å². The Hall–Kier alpha value is -1.75. The lowest BCUT2D eigenvalue weighted by Crippen LogP contribution is -2.45. The minimum atomic E-state index is -4.33. The van der Waals surface area contributed by atoms with Crippen LogP contribution in [0.4, 0.5) is 18.9 Å². The molecule has 1 fully saturated rings. The fraction of sp³-hybridized carbons (Fsp3) is 0.474. The molecule has 5 heteroatoms. The van der Waals surface area contributed by atoms with Gasteiger partial charge in [0.1, 0.15) is 0 Å². The third kappa shape index (κ3) is 2.75. The summed E-state index contributed by atoms with van der Waals surface area (Å²) in [4.78, 5) is 0. The molecule has 0 radical (unpaired) electrons. The Labute approximate surface area is 139 Å². The zero-order valence-corrected chi connectivity index (χ0v) is 13.2. The number of allylic oxidation sites excluding steroid dienone is 3. The highest BCUT2D eigenvalue weighted by Crippen LogP contribution is 2.47. The molecule has 1 unspecified atom stereocenters. The molecule has 0 bridgehead atoms. The van der Waals surface area contributed by atoms with Crippen LogP contribution in [-0.2, 0) is 10.9 Å². The van der Waals surface area contributed by atoms with Crippen LogP contribution in [0.15, 0.2) is 42.5 Å². The molecule has 2 aliphatic heterocycles. The van der Waals surface area contributed by atoms with Crippen LogP contribution in [0.5, 0.6) is 0 Å². The smallest absolute Gasteiger partial charge is 0.381 e. The Bertz CT molecular complexity index is 680. The van der Waals surface area contributed by atoms with Crippen molar-refractivity contribution >= 4 is 5.69 Å². The highest BCUT2D eigenvalue weighted by molar-refractivity contribution is 5.58. The molecular weight excluding hydrogens is 315 g/mol. The van der Waals surface area contributed by atoms with Gasteiger partial charge in [-0.25, -0.2) is 0 Å². The Morgan fingerprint density at radius 1 is 1.17 bits per heavy atom. The Kier molecular flexibility index (Phi) is 3.91. The monoisotopic (exact) mass is 335 g/mol. The quantitative estimate of drug-likeness (QED) is 0.771. The van der Waals surface area contributed by atoms with E-state index in [0.717, 1.165) is 31.0 Å². The first kappa shape index (κ1) is 15.8. The first-order chi connectivity index (χ1) is 11.5. The summed E-state index contributed by atoms with van der Waals surface area (Å²) in [6.07, 6.45) is 6.74. The number of hydrogen-bond acceptors (Lipinski definition) is 2. The number of halogens is 3. The van der Waals surface area contributed by atoms with Crippen molar-refractivity contribution in [1.29, 1.82) is 0 Å². The van der Waals surface area contributed by atoms with Gasteiger partial charge in [-0.15, -0.1) is 0 Å². The molecule has 4 rings (SSSR count). The van der Waals surface area contributed by atoms with Gasteiger partial charge in [0.2, 0.25) is 0 Å². The van der Waals surface area contributed by atoms with Crippen LogP contribution in [0.3, 0.4) is 0 Å². The van der Waals surface area contributed by atoms with E-state index < -0.39 is 11.7 Å². The number of anilines is 1. The van der Waals surface area contributed by atoms with Gasteiger partial charge >= 0.3 is 6.18 Å². The Morgan fingerprint density at radius 3 is 2.79 bits per heavy atom. The molecule has 1 aromatic rings. The largest absolute Gasteiger partial charge is 0.416 e. The normalized spacial score (nSPS) is 32.0. The van der Waals surface area contributed by atoms with Crippen molar-refractivity contribution in [3.8, 4) is 0 Å². The third-order valence-electron chi connectivity index (χ3n) is 5.31. The summed E-state index contributed by atoms with van der Waals surface area (Å²) in [6.45, 7) is 0.615. The van der Waals surface area contributed by atoms with E-state index in [1.54, 1.807) is 6.07 Å². The SMILES string of the molecule is FC(F)(F)c1ccc2c(c1)[C@H]1OCCC[C@H]1[C@H](C1C=CC=CC1)N2. The van der Waals surface area contributed by atoms with Crippen molar-refractivity contribution in [2.75, 3.05) is 11.9 Å². The molecule has 128 valence electrons. The van der Waals surface area contributed by atoms with Crippen LogP contribution < -0.4 is 5.32 Å². The lowest BCUT2D eigenvalue weighted by atomic mass is 9.73. The molecule has 3 aliphatic rings. The topological polar surface area (TPSA) is 21.3 Å². The van der Waals surface area contributed by atoms with Crippen molar-refractivity contribution in [2.45, 2.75) is 37.6 Å². The van der Waals surface area contributed by atoms with Gasteiger partial charge in [0.15, 0.2) is 0 Å². The van der Waals surface area contributed by atoms with Crippen molar-refractivity contribution < 1.29 is 17.9 Å². The average Bonchev–Trinajstić information content (AvgIpc) is 2.60. The predicted molar refractivity (Wildman–Crippen MR) is 86.7 cm³/mol. The average molecular weight is 335 g/mol. The highest BCUT2D eigenvalue weighted by Gasteiger charge is 2.43.